The maximum absolute atomic E-state index is 5.47. The molecule has 0 spiro atoms. The van der Waals surface area contributed by atoms with Crippen molar-refractivity contribution >= 4 is 17.4 Å². The topological polar surface area (TPSA) is 51.4 Å². The molecule has 1 aromatic heterocycles. The van der Waals surface area contributed by atoms with E-state index < -0.39 is 0 Å². The van der Waals surface area contributed by atoms with Crippen molar-refractivity contribution in [2.75, 3.05) is 6.61 Å². The predicted octanol–water partition coefficient (Wildman–Crippen LogP) is 1.89. The Labute approximate surface area is 94.9 Å². The molecule has 0 saturated carbocycles. The molecule has 16 heavy (non-hydrogen) atoms. The average Bonchev–Trinajstić information content (AvgIpc) is 2.62. The lowest BCUT2D eigenvalue weighted by Crippen LogP contribution is -2.21. The Bertz CT molecular complexity index is 433. The van der Waals surface area contributed by atoms with E-state index in [9.17, 15) is 0 Å². The zero-order valence-electron chi connectivity index (χ0n) is 9.66. The van der Waals surface area contributed by atoms with Crippen LogP contribution in [0.15, 0.2) is 17.9 Å². The number of imidazole rings is 1. The van der Waals surface area contributed by atoms with Crippen molar-refractivity contribution in [1.82, 2.24) is 14.9 Å². The summed E-state index contributed by atoms with van der Waals surface area (Å²) in [4.78, 5) is 8.66. The number of nitrogens with zero attached hydrogens (tertiary/aromatic N) is 3. The van der Waals surface area contributed by atoms with Crippen LogP contribution in [0.2, 0.25) is 0 Å². The van der Waals surface area contributed by atoms with Gasteiger partial charge in [-0.3, -0.25) is 4.57 Å². The molecule has 5 heteroatoms. The third-order valence-corrected chi connectivity index (χ3v) is 2.28. The van der Waals surface area contributed by atoms with Crippen LogP contribution in [0.4, 0.5) is 5.82 Å². The quantitative estimate of drug-likeness (QED) is 0.788. The molecule has 1 N–H and O–H groups in total. The Morgan fingerprint density at radius 2 is 2.38 bits per heavy atom. The van der Waals surface area contributed by atoms with Gasteiger partial charge < -0.3 is 10.1 Å². The standard InChI is InChI=1S/C11H16N4O/c1-4-5-16-7-15-6-12-10-8(2)13-9(3)14-11(10)15/h6H,2,4-5,7H2,1,3H3,(H,13,14). The van der Waals surface area contributed by atoms with Crippen LogP contribution >= 0.6 is 0 Å². The molecule has 0 bridgehead atoms. The molecule has 2 heterocycles. The van der Waals surface area contributed by atoms with E-state index in [1.807, 2.05) is 11.5 Å². The Hall–Kier alpha value is -1.62. The Balaban J connectivity index is 2.20. The first-order chi connectivity index (χ1) is 7.72. The molecule has 86 valence electrons. The summed E-state index contributed by atoms with van der Waals surface area (Å²) in [6, 6.07) is 0. The molecule has 0 fully saturated rings. The molecule has 0 saturated heterocycles. The van der Waals surface area contributed by atoms with Gasteiger partial charge in [-0.2, -0.15) is 0 Å². The highest BCUT2D eigenvalue weighted by atomic mass is 16.5. The van der Waals surface area contributed by atoms with Crippen LogP contribution in [-0.4, -0.2) is 22.0 Å². The van der Waals surface area contributed by atoms with Gasteiger partial charge in [0.1, 0.15) is 18.3 Å². The van der Waals surface area contributed by atoms with Crippen molar-refractivity contribution in [2.45, 2.75) is 27.0 Å². The van der Waals surface area contributed by atoms with Crippen LogP contribution < -0.4 is 5.32 Å². The fraction of sp³-hybridized carbons (Fsp3) is 0.455. The van der Waals surface area contributed by atoms with Gasteiger partial charge in [0, 0.05) is 6.61 Å². The highest BCUT2D eigenvalue weighted by molar-refractivity contribution is 5.94. The van der Waals surface area contributed by atoms with Crippen molar-refractivity contribution in [3.8, 4) is 0 Å². The van der Waals surface area contributed by atoms with Crippen molar-refractivity contribution in [1.29, 1.82) is 0 Å². The number of aromatic nitrogens is 2. The molecule has 0 aromatic carbocycles. The summed E-state index contributed by atoms with van der Waals surface area (Å²) in [6.45, 7) is 9.12. The lowest BCUT2D eigenvalue weighted by molar-refractivity contribution is 0.0785. The average molecular weight is 220 g/mol. The second-order valence-electron chi connectivity index (χ2n) is 3.72. The molecule has 0 unspecified atom stereocenters. The van der Waals surface area contributed by atoms with Gasteiger partial charge in [-0.15, -0.1) is 0 Å². The minimum Gasteiger partial charge on any atom is -0.361 e. The van der Waals surface area contributed by atoms with Gasteiger partial charge in [-0.05, 0) is 13.3 Å². The number of aliphatic imine (C=N–C) groups is 1. The van der Waals surface area contributed by atoms with Gasteiger partial charge in [-0.1, -0.05) is 13.5 Å². The molecule has 0 radical (unpaired) electrons. The first-order valence-corrected chi connectivity index (χ1v) is 5.37. The van der Waals surface area contributed by atoms with Gasteiger partial charge in [0.05, 0.1) is 12.0 Å². The fourth-order valence-corrected chi connectivity index (χ4v) is 1.57. The fourth-order valence-electron chi connectivity index (χ4n) is 1.57. The molecule has 2 rings (SSSR count). The van der Waals surface area contributed by atoms with Crippen LogP contribution in [0.1, 0.15) is 26.0 Å². The summed E-state index contributed by atoms with van der Waals surface area (Å²) in [5.74, 6) is 1.65. The molecule has 1 aliphatic heterocycles. The summed E-state index contributed by atoms with van der Waals surface area (Å²) < 4.78 is 7.36. The number of amidine groups is 1. The number of hydrogen-bond acceptors (Lipinski definition) is 4. The van der Waals surface area contributed by atoms with E-state index in [0.29, 0.717) is 6.73 Å². The van der Waals surface area contributed by atoms with Crippen molar-refractivity contribution in [2.24, 2.45) is 4.99 Å². The van der Waals surface area contributed by atoms with E-state index in [4.69, 9.17) is 4.74 Å². The lowest BCUT2D eigenvalue weighted by atomic mass is 10.3. The maximum Gasteiger partial charge on any atom is 0.165 e. The molecular formula is C11H16N4O. The predicted molar refractivity (Wildman–Crippen MR) is 63.4 cm³/mol. The van der Waals surface area contributed by atoms with Gasteiger partial charge in [0.15, 0.2) is 5.82 Å². The maximum atomic E-state index is 5.47. The SMILES string of the molecule is C=C1NC(C)=Nc2c1ncn2COCCC. The summed E-state index contributed by atoms with van der Waals surface area (Å²) in [5.41, 5.74) is 1.59. The molecule has 0 atom stereocenters. The van der Waals surface area contributed by atoms with E-state index in [1.54, 1.807) is 6.33 Å². The van der Waals surface area contributed by atoms with Crippen molar-refractivity contribution < 1.29 is 4.74 Å². The van der Waals surface area contributed by atoms with Crippen molar-refractivity contribution in [3.05, 3.63) is 18.6 Å². The summed E-state index contributed by atoms with van der Waals surface area (Å²) in [5, 5.41) is 3.05. The van der Waals surface area contributed by atoms with Crippen LogP contribution in [0, 0.1) is 0 Å². The first kappa shape index (κ1) is 10.9. The Kier molecular flexibility index (Phi) is 3.05. The molecular weight excluding hydrogens is 204 g/mol. The molecule has 5 nitrogen and oxygen atoms in total. The van der Waals surface area contributed by atoms with E-state index in [1.165, 1.54) is 0 Å². The highest BCUT2D eigenvalue weighted by Crippen LogP contribution is 2.26. The van der Waals surface area contributed by atoms with E-state index in [2.05, 4.69) is 28.8 Å². The second-order valence-corrected chi connectivity index (χ2v) is 3.72. The third-order valence-electron chi connectivity index (χ3n) is 2.28. The minimum absolute atomic E-state index is 0.486. The zero-order valence-corrected chi connectivity index (χ0v) is 9.66. The first-order valence-electron chi connectivity index (χ1n) is 5.37. The third kappa shape index (κ3) is 1.99. The van der Waals surface area contributed by atoms with Gasteiger partial charge >= 0.3 is 0 Å². The number of fused-ring (bicyclic) bond motifs is 1. The number of rotatable bonds is 4. The second kappa shape index (κ2) is 4.49. The molecule has 0 amide bonds. The van der Waals surface area contributed by atoms with Gasteiger partial charge in [0.25, 0.3) is 0 Å². The van der Waals surface area contributed by atoms with Crippen LogP contribution in [0.3, 0.4) is 0 Å². The van der Waals surface area contributed by atoms with Crippen LogP contribution in [-0.2, 0) is 11.5 Å². The van der Waals surface area contributed by atoms with E-state index >= 15 is 0 Å². The summed E-state index contributed by atoms with van der Waals surface area (Å²) in [6.07, 6.45) is 2.74. The zero-order chi connectivity index (χ0) is 11.5. The summed E-state index contributed by atoms with van der Waals surface area (Å²) >= 11 is 0. The molecule has 1 aliphatic rings. The number of nitrogens with one attached hydrogen (secondary N) is 1. The highest BCUT2D eigenvalue weighted by Gasteiger charge is 2.17. The summed E-state index contributed by atoms with van der Waals surface area (Å²) in [7, 11) is 0. The monoisotopic (exact) mass is 220 g/mol. The van der Waals surface area contributed by atoms with Crippen LogP contribution in [0.25, 0.3) is 5.70 Å². The number of ether oxygens (including phenoxy) is 1. The van der Waals surface area contributed by atoms with Crippen molar-refractivity contribution in [3.63, 3.8) is 0 Å². The Morgan fingerprint density at radius 3 is 3.12 bits per heavy atom. The van der Waals surface area contributed by atoms with E-state index in [0.717, 1.165) is 36.1 Å². The lowest BCUT2D eigenvalue weighted by Gasteiger charge is -2.15. The molecule has 1 aromatic rings. The van der Waals surface area contributed by atoms with Gasteiger partial charge in [-0.25, -0.2) is 9.98 Å². The van der Waals surface area contributed by atoms with Crippen LogP contribution in [0.5, 0.6) is 0 Å². The number of hydrogen-bond donors (Lipinski definition) is 1. The normalized spacial score (nSPS) is 14.4. The smallest absolute Gasteiger partial charge is 0.165 e. The van der Waals surface area contributed by atoms with E-state index in [-0.39, 0.29) is 0 Å². The largest absolute Gasteiger partial charge is 0.361 e. The van der Waals surface area contributed by atoms with Gasteiger partial charge in [0.2, 0.25) is 0 Å². The Morgan fingerprint density at radius 1 is 1.56 bits per heavy atom. The molecule has 0 aliphatic carbocycles. The minimum atomic E-state index is 0.486.